The van der Waals surface area contributed by atoms with Crippen LogP contribution in [0.1, 0.15) is 18.7 Å². The van der Waals surface area contributed by atoms with E-state index < -0.39 is 11.8 Å². The highest BCUT2D eigenvalue weighted by Gasteiger charge is 2.21. The first-order valence-electron chi connectivity index (χ1n) is 7.58. The SMILES string of the molecule is COc1ccc(-n2c(C(C)C(N)=O)nc3cc(Cl)ccc3c2=O)cc1. The van der Waals surface area contributed by atoms with Crippen molar-refractivity contribution < 1.29 is 9.53 Å². The molecular weight excluding hydrogens is 342 g/mol. The van der Waals surface area contributed by atoms with Crippen LogP contribution in [-0.2, 0) is 4.79 Å². The predicted molar refractivity (Wildman–Crippen MR) is 96.5 cm³/mol. The van der Waals surface area contributed by atoms with Gasteiger partial charge in [-0.1, -0.05) is 11.6 Å². The van der Waals surface area contributed by atoms with E-state index in [-0.39, 0.29) is 11.4 Å². The highest BCUT2D eigenvalue weighted by molar-refractivity contribution is 6.31. The van der Waals surface area contributed by atoms with Crippen molar-refractivity contribution in [2.45, 2.75) is 12.8 Å². The van der Waals surface area contributed by atoms with Gasteiger partial charge >= 0.3 is 0 Å². The number of hydrogen-bond donors (Lipinski definition) is 1. The van der Waals surface area contributed by atoms with E-state index >= 15 is 0 Å². The number of hydrogen-bond acceptors (Lipinski definition) is 4. The average molecular weight is 358 g/mol. The van der Waals surface area contributed by atoms with Crippen LogP contribution in [0, 0.1) is 0 Å². The van der Waals surface area contributed by atoms with Gasteiger partial charge in [0.2, 0.25) is 5.91 Å². The summed E-state index contributed by atoms with van der Waals surface area (Å²) in [6, 6.07) is 11.7. The Hall–Kier alpha value is -2.86. The summed E-state index contributed by atoms with van der Waals surface area (Å²) >= 11 is 6.00. The molecule has 0 aliphatic rings. The highest BCUT2D eigenvalue weighted by Crippen LogP contribution is 2.22. The number of carbonyl (C=O) groups excluding carboxylic acids is 1. The molecule has 128 valence electrons. The Balaban J connectivity index is 2.35. The van der Waals surface area contributed by atoms with Gasteiger partial charge in [-0.05, 0) is 49.4 Å². The Morgan fingerprint density at radius 2 is 1.92 bits per heavy atom. The van der Waals surface area contributed by atoms with Crippen LogP contribution < -0.4 is 16.0 Å². The second kappa shape index (κ2) is 6.57. The Kier molecular flexibility index (Phi) is 4.46. The molecule has 0 radical (unpaired) electrons. The smallest absolute Gasteiger partial charge is 0.265 e. The third-order valence-corrected chi connectivity index (χ3v) is 4.24. The van der Waals surface area contributed by atoms with Gasteiger partial charge in [0.25, 0.3) is 5.56 Å². The van der Waals surface area contributed by atoms with E-state index in [0.717, 1.165) is 0 Å². The number of amides is 1. The zero-order valence-electron chi connectivity index (χ0n) is 13.7. The lowest BCUT2D eigenvalue weighted by atomic mass is 10.1. The van der Waals surface area contributed by atoms with Gasteiger partial charge in [0.05, 0.1) is 29.6 Å². The Morgan fingerprint density at radius 3 is 2.52 bits per heavy atom. The zero-order valence-corrected chi connectivity index (χ0v) is 14.4. The summed E-state index contributed by atoms with van der Waals surface area (Å²) in [4.78, 5) is 29.2. The highest BCUT2D eigenvalue weighted by atomic mass is 35.5. The van der Waals surface area contributed by atoms with Crippen molar-refractivity contribution in [3.8, 4) is 11.4 Å². The van der Waals surface area contributed by atoms with Gasteiger partial charge in [0.1, 0.15) is 11.6 Å². The number of aromatic nitrogens is 2. The van der Waals surface area contributed by atoms with E-state index in [9.17, 15) is 9.59 Å². The molecule has 3 aromatic rings. The Bertz CT molecular complexity index is 1010. The molecule has 1 aromatic heterocycles. The minimum absolute atomic E-state index is 0.262. The molecule has 0 aliphatic carbocycles. The number of carbonyl (C=O) groups is 1. The van der Waals surface area contributed by atoms with Gasteiger partial charge in [-0.25, -0.2) is 4.98 Å². The van der Waals surface area contributed by atoms with E-state index in [0.29, 0.717) is 27.4 Å². The minimum Gasteiger partial charge on any atom is -0.497 e. The second-order valence-electron chi connectivity index (χ2n) is 5.59. The lowest BCUT2D eigenvalue weighted by molar-refractivity contribution is -0.119. The minimum atomic E-state index is -0.752. The van der Waals surface area contributed by atoms with Crippen LogP contribution in [0.15, 0.2) is 47.3 Å². The zero-order chi connectivity index (χ0) is 18.1. The van der Waals surface area contributed by atoms with Crippen LogP contribution in [0.5, 0.6) is 5.75 Å². The molecule has 2 aromatic carbocycles. The van der Waals surface area contributed by atoms with Crippen molar-refractivity contribution in [1.29, 1.82) is 0 Å². The summed E-state index contributed by atoms with van der Waals surface area (Å²) < 4.78 is 6.54. The molecule has 2 N–H and O–H groups in total. The van der Waals surface area contributed by atoms with Crippen molar-refractivity contribution in [2.24, 2.45) is 5.73 Å². The van der Waals surface area contributed by atoms with E-state index in [1.165, 1.54) is 4.57 Å². The number of rotatable bonds is 4. The molecule has 0 saturated carbocycles. The van der Waals surface area contributed by atoms with Gasteiger partial charge in [0.15, 0.2) is 0 Å². The first-order valence-corrected chi connectivity index (χ1v) is 7.96. The molecule has 1 heterocycles. The fourth-order valence-corrected chi connectivity index (χ4v) is 2.74. The summed E-state index contributed by atoms with van der Waals surface area (Å²) in [7, 11) is 1.56. The molecule has 0 fully saturated rings. The van der Waals surface area contributed by atoms with Crippen molar-refractivity contribution in [1.82, 2.24) is 9.55 Å². The number of nitrogens with two attached hydrogens (primary N) is 1. The maximum atomic E-state index is 13.0. The largest absolute Gasteiger partial charge is 0.497 e. The summed E-state index contributed by atoms with van der Waals surface area (Å²) in [5, 5.41) is 0.861. The molecule has 1 atom stereocenters. The summed E-state index contributed by atoms with van der Waals surface area (Å²) in [5.74, 6) is -0.409. The maximum Gasteiger partial charge on any atom is 0.265 e. The molecular formula is C18H16ClN3O3. The number of nitrogens with zero attached hydrogens (tertiary/aromatic N) is 2. The fraction of sp³-hybridized carbons (Fsp3) is 0.167. The molecule has 1 unspecified atom stereocenters. The van der Waals surface area contributed by atoms with E-state index in [2.05, 4.69) is 4.98 Å². The number of fused-ring (bicyclic) bond motifs is 1. The quantitative estimate of drug-likeness (QED) is 0.777. The second-order valence-corrected chi connectivity index (χ2v) is 6.03. The lowest BCUT2D eigenvalue weighted by Gasteiger charge is -2.17. The lowest BCUT2D eigenvalue weighted by Crippen LogP contribution is -2.30. The topological polar surface area (TPSA) is 87.2 Å². The van der Waals surface area contributed by atoms with Gasteiger partial charge in [-0.15, -0.1) is 0 Å². The van der Waals surface area contributed by atoms with Gasteiger partial charge in [-0.3, -0.25) is 14.2 Å². The van der Waals surface area contributed by atoms with Crippen LogP contribution in [0.2, 0.25) is 5.02 Å². The van der Waals surface area contributed by atoms with E-state index in [1.54, 1.807) is 56.5 Å². The molecule has 0 bridgehead atoms. The Labute approximate surface area is 148 Å². The number of primary amides is 1. The van der Waals surface area contributed by atoms with Crippen LogP contribution in [0.25, 0.3) is 16.6 Å². The molecule has 25 heavy (non-hydrogen) atoms. The van der Waals surface area contributed by atoms with Gasteiger partial charge in [-0.2, -0.15) is 0 Å². The van der Waals surface area contributed by atoms with Crippen LogP contribution in [0.4, 0.5) is 0 Å². The maximum absolute atomic E-state index is 13.0. The van der Waals surface area contributed by atoms with Crippen LogP contribution >= 0.6 is 11.6 Å². The molecule has 0 aliphatic heterocycles. The van der Waals surface area contributed by atoms with Gasteiger partial charge < -0.3 is 10.5 Å². The monoisotopic (exact) mass is 357 g/mol. The molecule has 6 nitrogen and oxygen atoms in total. The van der Waals surface area contributed by atoms with Crippen molar-refractivity contribution >= 4 is 28.4 Å². The molecule has 0 saturated heterocycles. The van der Waals surface area contributed by atoms with Crippen molar-refractivity contribution in [3.63, 3.8) is 0 Å². The van der Waals surface area contributed by atoms with Crippen LogP contribution in [-0.4, -0.2) is 22.6 Å². The third-order valence-electron chi connectivity index (χ3n) is 4.00. The molecule has 7 heteroatoms. The average Bonchev–Trinajstić information content (AvgIpc) is 2.60. The third kappa shape index (κ3) is 3.08. The molecule has 3 rings (SSSR count). The van der Waals surface area contributed by atoms with E-state index in [1.807, 2.05) is 0 Å². The van der Waals surface area contributed by atoms with Crippen LogP contribution in [0.3, 0.4) is 0 Å². The predicted octanol–water partition coefficient (Wildman–Crippen LogP) is 2.64. The summed E-state index contributed by atoms with van der Waals surface area (Å²) in [6.45, 7) is 1.61. The first-order chi connectivity index (χ1) is 11.9. The number of benzene rings is 2. The van der Waals surface area contributed by atoms with Gasteiger partial charge in [0, 0.05) is 5.02 Å². The fourth-order valence-electron chi connectivity index (χ4n) is 2.57. The summed E-state index contributed by atoms with van der Waals surface area (Å²) in [6.07, 6.45) is 0. The molecule has 0 spiro atoms. The normalized spacial score (nSPS) is 12.1. The van der Waals surface area contributed by atoms with Crippen molar-refractivity contribution in [3.05, 3.63) is 63.7 Å². The van der Waals surface area contributed by atoms with E-state index in [4.69, 9.17) is 22.1 Å². The Morgan fingerprint density at radius 1 is 1.24 bits per heavy atom. The molecule has 1 amide bonds. The summed E-state index contributed by atoms with van der Waals surface area (Å²) in [5.41, 5.74) is 6.14. The standard InChI is InChI=1S/C18H16ClN3O3/c1-10(16(20)23)17-21-15-9-11(19)3-8-14(15)18(24)22(17)12-4-6-13(25-2)7-5-12/h3-10H,1-2H3,(H2,20,23). The number of halogens is 1. The van der Waals surface area contributed by atoms with Crippen molar-refractivity contribution in [2.75, 3.05) is 7.11 Å². The number of methoxy groups -OCH3 is 1. The first kappa shape index (κ1) is 17.0. The number of ether oxygens (including phenoxy) is 1.